The van der Waals surface area contributed by atoms with Gasteiger partial charge in [0.05, 0.1) is 18.6 Å². The molecule has 0 bridgehead atoms. The molecule has 4 aromatic rings. The van der Waals surface area contributed by atoms with Crippen molar-refractivity contribution in [2.75, 3.05) is 0 Å². The van der Waals surface area contributed by atoms with E-state index < -0.39 is 28.7 Å². The molecule has 4 rings (SSSR count). The van der Waals surface area contributed by atoms with Crippen LogP contribution in [0, 0.1) is 17.5 Å². The summed E-state index contributed by atoms with van der Waals surface area (Å²) in [7, 11) is 0. The van der Waals surface area contributed by atoms with Crippen LogP contribution in [0.3, 0.4) is 0 Å². The van der Waals surface area contributed by atoms with E-state index >= 15 is 0 Å². The van der Waals surface area contributed by atoms with Crippen LogP contribution >= 0.6 is 0 Å². The number of benzene rings is 2. The van der Waals surface area contributed by atoms with Crippen molar-refractivity contribution < 1.29 is 13.2 Å². The third-order valence-electron chi connectivity index (χ3n) is 4.63. The second-order valence-corrected chi connectivity index (χ2v) is 6.58. The van der Waals surface area contributed by atoms with E-state index in [9.17, 15) is 22.8 Å². The van der Waals surface area contributed by atoms with Crippen molar-refractivity contribution in [1.29, 1.82) is 0 Å². The average molecular weight is 412 g/mol. The quantitative estimate of drug-likeness (QED) is 0.474. The Morgan fingerprint density at radius 3 is 2.50 bits per heavy atom. The lowest BCUT2D eigenvalue weighted by molar-refractivity contribution is 0.567. The molecule has 152 valence electrons. The maximum absolute atomic E-state index is 14.1. The van der Waals surface area contributed by atoms with E-state index in [0.29, 0.717) is 0 Å². The second-order valence-electron chi connectivity index (χ2n) is 6.58. The average Bonchev–Trinajstić information content (AvgIpc) is 3.11. The number of imidazole rings is 1. The van der Waals surface area contributed by atoms with E-state index in [2.05, 4.69) is 11.6 Å². The molecule has 0 amide bonds. The molecule has 0 atom stereocenters. The Kier molecular flexibility index (Phi) is 4.86. The molecule has 30 heavy (non-hydrogen) atoms. The molecular formula is C21H15F3N4O2. The van der Waals surface area contributed by atoms with Gasteiger partial charge in [0, 0.05) is 18.2 Å². The molecule has 0 unspecified atom stereocenters. The molecule has 0 radical (unpaired) electrons. The Labute approximate surface area is 167 Å². The number of halogens is 3. The topological polar surface area (TPSA) is 61.8 Å². The highest BCUT2D eigenvalue weighted by Crippen LogP contribution is 2.17. The standard InChI is InChI=1S/C21H15F3N4O2/c1-2-8-27-20(29)18-19(28(21(27)30)16-5-3-4-14(22)9-16)25-12-26(18)11-13-6-7-15(23)10-17(13)24/h2-7,9-10,12H,1,8,11H2. The summed E-state index contributed by atoms with van der Waals surface area (Å²) in [4.78, 5) is 30.1. The molecule has 2 aromatic carbocycles. The fraction of sp³-hybridized carbons (Fsp3) is 0.0952. The van der Waals surface area contributed by atoms with Gasteiger partial charge in [0.1, 0.15) is 17.5 Å². The number of aromatic nitrogens is 4. The van der Waals surface area contributed by atoms with Gasteiger partial charge in [0.25, 0.3) is 5.56 Å². The minimum Gasteiger partial charge on any atom is -0.320 e. The number of allylic oxidation sites excluding steroid dienone is 1. The molecule has 2 heterocycles. The lowest BCUT2D eigenvalue weighted by Crippen LogP contribution is -2.39. The van der Waals surface area contributed by atoms with E-state index in [1.54, 1.807) is 0 Å². The van der Waals surface area contributed by atoms with Gasteiger partial charge in [-0.05, 0) is 24.3 Å². The number of nitrogens with zero attached hydrogens (tertiary/aromatic N) is 4. The maximum atomic E-state index is 14.1. The van der Waals surface area contributed by atoms with Crippen molar-refractivity contribution in [3.63, 3.8) is 0 Å². The zero-order valence-electron chi connectivity index (χ0n) is 15.6. The smallest absolute Gasteiger partial charge is 0.320 e. The predicted molar refractivity (Wildman–Crippen MR) is 105 cm³/mol. The lowest BCUT2D eigenvalue weighted by Gasteiger charge is -2.12. The van der Waals surface area contributed by atoms with Crippen molar-refractivity contribution >= 4 is 11.2 Å². The van der Waals surface area contributed by atoms with Crippen LogP contribution in [-0.4, -0.2) is 18.7 Å². The lowest BCUT2D eigenvalue weighted by atomic mass is 10.2. The van der Waals surface area contributed by atoms with E-state index in [1.807, 2.05) is 0 Å². The van der Waals surface area contributed by atoms with E-state index in [4.69, 9.17) is 0 Å². The molecule has 0 spiro atoms. The van der Waals surface area contributed by atoms with Crippen molar-refractivity contribution in [2.24, 2.45) is 0 Å². The molecule has 2 aromatic heterocycles. The minimum atomic E-state index is -0.776. The molecule has 0 aliphatic heterocycles. The highest BCUT2D eigenvalue weighted by molar-refractivity contribution is 5.72. The highest BCUT2D eigenvalue weighted by atomic mass is 19.1. The van der Waals surface area contributed by atoms with Gasteiger partial charge in [-0.2, -0.15) is 0 Å². The molecular weight excluding hydrogens is 397 g/mol. The number of hydrogen-bond acceptors (Lipinski definition) is 3. The summed E-state index contributed by atoms with van der Waals surface area (Å²) in [6.07, 6.45) is 2.66. The largest absolute Gasteiger partial charge is 0.337 e. The van der Waals surface area contributed by atoms with E-state index in [0.717, 1.165) is 27.3 Å². The Hall–Kier alpha value is -3.88. The zero-order chi connectivity index (χ0) is 21.4. The second kappa shape index (κ2) is 7.51. The molecule has 0 fully saturated rings. The van der Waals surface area contributed by atoms with Crippen LogP contribution < -0.4 is 11.2 Å². The molecule has 0 N–H and O–H groups in total. The summed E-state index contributed by atoms with van der Waals surface area (Å²) >= 11 is 0. The third kappa shape index (κ3) is 3.24. The first-order chi connectivity index (χ1) is 14.4. The summed E-state index contributed by atoms with van der Waals surface area (Å²) in [5, 5.41) is 0. The van der Waals surface area contributed by atoms with Gasteiger partial charge in [-0.3, -0.25) is 9.36 Å². The van der Waals surface area contributed by atoms with Gasteiger partial charge in [0.2, 0.25) is 0 Å². The number of hydrogen-bond donors (Lipinski definition) is 0. The van der Waals surface area contributed by atoms with Gasteiger partial charge >= 0.3 is 5.69 Å². The maximum Gasteiger partial charge on any atom is 0.337 e. The van der Waals surface area contributed by atoms with Crippen LogP contribution in [0.1, 0.15) is 5.56 Å². The molecule has 6 nitrogen and oxygen atoms in total. The fourth-order valence-electron chi connectivity index (χ4n) is 3.27. The first-order valence-corrected chi connectivity index (χ1v) is 8.92. The fourth-order valence-corrected chi connectivity index (χ4v) is 3.27. The summed E-state index contributed by atoms with van der Waals surface area (Å²) in [6, 6.07) is 8.41. The Morgan fingerprint density at radius 1 is 1.03 bits per heavy atom. The van der Waals surface area contributed by atoms with Gasteiger partial charge in [-0.25, -0.2) is 27.5 Å². The number of rotatable bonds is 5. The summed E-state index contributed by atoms with van der Waals surface area (Å²) in [5.41, 5.74) is -1.03. The monoisotopic (exact) mass is 412 g/mol. The van der Waals surface area contributed by atoms with Crippen molar-refractivity contribution in [3.05, 3.63) is 105 Å². The van der Waals surface area contributed by atoms with Crippen LogP contribution in [0.2, 0.25) is 0 Å². The summed E-state index contributed by atoms with van der Waals surface area (Å²) in [6.45, 7) is 3.35. The molecule has 0 aliphatic carbocycles. The van der Waals surface area contributed by atoms with Crippen molar-refractivity contribution in [3.8, 4) is 5.69 Å². The third-order valence-corrected chi connectivity index (χ3v) is 4.63. The van der Waals surface area contributed by atoms with E-state index in [1.165, 1.54) is 41.2 Å². The molecule has 9 heteroatoms. The summed E-state index contributed by atoms with van der Waals surface area (Å²) < 4.78 is 44.5. The Balaban J connectivity index is 2.00. The summed E-state index contributed by atoms with van der Waals surface area (Å²) in [5.74, 6) is -2.07. The van der Waals surface area contributed by atoms with Crippen molar-refractivity contribution in [1.82, 2.24) is 18.7 Å². The zero-order valence-corrected chi connectivity index (χ0v) is 15.6. The SMILES string of the molecule is C=CCn1c(=O)c2c(ncn2Cc2ccc(F)cc2F)n(-c2cccc(F)c2)c1=O. The van der Waals surface area contributed by atoms with E-state index in [-0.39, 0.29) is 35.5 Å². The Bertz CT molecular complexity index is 1400. The van der Waals surface area contributed by atoms with Crippen LogP contribution in [-0.2, 0) is 13.1 Å². The Morgan fingerprint density at radius 2 is 1.80 bits per heavy atom. The van der Waals surface area contributed by atoms with Gasteiger partial charge in [0.15, 0.2) is 11.2 Å². The van der Waals surface area contributed by atoms with Crippen molar-refractivity contribution in [2.45, 2.75) is 13.1 Å². The van der Waals surface area contributed by atoms with Gasteiger partial charge in [-0.1, -0.05) is 18.2 Å². The molecule has 0 aliphatic rings. The number of fused-ring (bicyclic) bond motifs is 1. The molecule has 0 saturated heterocycles. The molecule has 0 saturated carbocycles. The van der Waals surface area contributed by atoms with Crippen LogP contribution in [0.4, 0.5) is 13.2 Å². The van der Waals surface area contributed by atoms with Crippen LogP contribution in [0.15, 0.2) is 71.0 Å². The highest BCUT2D eigenvalue weighted by Gasteiger charge is 2.19. The van der Waals surface area contributed by atoms with Gasteiger partial charge < -0.3 is 4.57 Å². The normalized spacial score (nSPS) is 11.2. The minimum absolute atomic E-state index is 0.00145. The predicted octanol–water partition coefficient (Wildman–Crippen LogP) is 3.00. The van der Waals surface area contributed by atoms with Gasteiger partial charge in [-0.15, -0.1) is 6.58 Å². The first-order valence-electron chi connectivity index (χ1n) is 8.92. The first kappa shape index (κ1) is 19.4. The van der Waals surface area contributed by atoms with Crippen LogP contribution in [0.5, 0.6) is 0 Å². The van der Waals surface area contributed by atoms with Crippen LogP contribution in [0.25, 0.3) is 16.9 Å².